The molecule has 4 N–H and O–H groups in total. The molecular weight excluding hydrogens is 350 g/mol. The van der Waals surface area contributed by atoms with Gasteiger partial charge in [0.2, 0.25) is 20.0 Å². The molecule has 1 aliphatic rings. The lowest BCUT2D eigenvalue weighted by atomic mass is 10.2. The van der Waals surface area contributed by atoms with Gasteiger partial charge in [0.1, 0.15) is 0 Å². The van der Waals surface area contributed by atoms with Gasteiger partial charge in [-0.3, -0.25) is 4.72 Å². The molecule has 0 bridgehead atoms. The summed E-state index contributed by atoms with van der Waals surface area (Å²) in [6.45, 7) is 2.12. The van der Waals surface area contributed by atoms with Gasteiger partial charge in [-0.05, 0) is 49.4 Å². The third-order valence-corrected chi connectivity index (χ3v) is 6.75. The maximum Gasteiger partial charge on any atom is 0.240 e. The van der Waals surface area contributed by atoms with Crippen LogP contribution in [0.5, 0.6) is 0 Å². The van der Waals surface area contributed by atoms with E-state index in [1.165, 1.54) is 24.3 Å². The summed E-state index contributed by atoms with van der Waals surface area (Å²) in [5, 5.41) is 0. The predicted octanol–water partition coefficient (Wildman–Crippen LogP) is 1.24. The Hall–Kier alpha value is -1.16. The maximum absolute atomic E-state index is 12.2. The van der Waals surface area contributed by atoms with Crippen LogP contribution in [-0.4, -0.2) is 35.2 Å². The van der Waals surface area contributed by atoms with Crippen LogP contribution in [0, 0.1) is 5.92 Å². The van der Waals surface area contributed by atoms with E-state index in [1.54, 1.807) is 0 Å². The van der Waals surface area contributed by atoms with Crippen LogP contribution in [0.3, 0.4) is 0 Å². The summed E-state index contributed by atoms with van der Waals surface area (Å²) in [5.74, 6) is 0.456. The fourth-order valence-corrected chi connectivity index (χ4v) is 4.59. The van der Waals surface area contributed by atoms with E-state index >= 15 is 0 Å². The van der Waals surface area contributed by atoms with Crippen molar-refractivity contribution in [2.45, 2.75) is 43.5 Å². The molecular formula is C15H25N3O4S2. The Morgan fingerprint density at radius 2 is 1.79 bits per heavy atom. The van der Waals surface area contributed by atoms with Crippen LogP contribution < -0.4 is 15.2 Å². The molecule has 24 heavy (non-hydrogen) atoms. The third-order valence-electron chi connectivity index (χ3n) is 3.94. The highest BCUT2D eigenvalue weighted by Crippen LogP contribution is 2.31. The van der Waals surface area contributed by atoms with E-state index in [1.807, 2.05) is 6.92 Å². The molecule has 0 spiro atoms. The second-order valence-electron chi connectivity index (χ2n) is 6.15. The third kappa shape index (κ3) is 5.73. The van der Waals surface area contributed by atoms with Crippen LogP contribution in [-0.2, 0) is 20.0 Å². The minimum Gasteiger partial charge on any atom is -0.326 e. The molecule has 0 heterocycles. The zero-order chi connectivity index (χ0) is 17.8. The SMILES string of the molecule is CCCCS(=O)(=O)Nc1ccc(S(=O)(=O)NCC(N)C2CC2)cc1. The number of sulfonamides is 2. The number of nitrogens with two attached hydrogens (primary N) is 1. The minimum atomic E-state index is -3.64. The first-order chi connectivity index (χ1) is 11.2. The van der Waals surface area contributed by atoms with Crippen molar-refractivity contribution >= 4 is 25.7 Å². The number of hydrogen-bond acceptors (Lipinski definition) is 5. The minimum absolute atomic E-state index is 0.0458. The molecule has 1 saturated carbocycles. The summed E-state index contributed by atoms with van der Waals surface area (Å²) in [6, 6.07) is 5.48. The normalized spacial score (nSPS) is 16.8. The van der Waals surface area contributed by atoms with E-state index in [4.69, 9.17) is 5.73 Å². The molecule has 1 aromatic rings. The van der Waals surface area contributed by atoms with Crippen LogP contribution >= 0.6 is 0 Å². The number of hydrogen-bond donors (Lipinski definition) is 3. The van der Waals surface area contributed by atoms with Gasteiger partial charge in [-0.2, -0.15) is 0 Å². The van der Waals surface area contributed by atoms with Crippen molar-refractivity contribution in [3.05, 3.63) is 24.3 Å². The summed E-state index contributed by atoms with van der Waals surface area (Å²) in [6.07, 6.45) is 3.46. The quantitative estimate of drug-likeness (QED) is 0.569. The van der Waals surface area contributed by atoms with Gasteiger partial charge in [-0.15, -0.1) is 0 Å². The van der Waals surface area contributed by atoms with Gasteiger partial charge in [-0.25, -0.2) is 21.6 Å². The van der Waals surface area contributed by atoms with Crippen molar-refractivity contribution in [1.82, 2.24) is 4.72 Å². The molecule has 0 radical (unpaired) electrons. The predicted molar refractivity (Wildman–Crippen MR) is 94.6 cm³/mol. The summed E-state index contributed by atoms with van der Waals surface area (Å²) in [7, 11) is -7.04. The molecule has 0 saturated heterocycles. The first-order valence-electron chi connectivity index (χ1n) is 8.09. The molecule has 7 nitrogen and oxygen atoms in total. The summed E-state index contributed by atoms with van der Waals surface area (Å²) >= 11 is 0. The van der Waals surface area contributed by atoms with Gasteiger partial charge >= 0.3 is 0 Å². The molecule has 1 unspecified atom stereocenters. The molecule has 2 rings (SSSR count). The lowest BCUT2D eigenvalue weighted by Crippen LogP contribution is -2.38. The van der Waals surface area contributed by atoms with E-state index in [9.17, 15) is 16.8 Å². The fraction of sp³-hybridized carbons (Fsp3) is 0.600. The van der Waals surface area contributed by atoms with Crippen LogP contribution in [0.2, 0.25) is 0 Å². The highest BCUT2D eigenvalue weighted by Gasteiger charge is 2.29. The molecule has 1 aliphatic carbocycles. The Labute approximate surface area is 144 Å². The summed E-state index contributed by atoms with van der Waals surface area (Å²) in [5.41, 5.74) is 6.24. The van der Waals surface area contributed by atoms with Crippen molar-refractivity contribution in [1.29, 1.82) is 0 Å². The molecule has 136 valence electrons. The highest BCUT2D eigenvalue weighted by atomic mass is 32.2. The Bertz CT molecular complexity index is 741. The van der Waals surface area contributed by atoms with E-state index in [-0.39, 0.29) is 23.2 Å². The van der Waals surface area contributed by atoms with Crippen LogP contribution in [0.4, 0.5) is 5.69 Å². The summed E-state index contributed by atoms with van der Waals surface area (Å²) < 4.78 is 53.0. The second-order valence-corrected chi connectivity index (χ2v) is 9.76. The first-order valence-corrected chi connectivity index (χ1v) is 11.2. The number of nitrogens with one attached hydrogen (secondary N) is 2. The van der Waals surface area contributed by atoms with Crippen LogP contribution in [0.15, 0.2) is 29.2 Å². The van der Waals surface area contributed by atoms with Gasteiger partial charge in [0.15, 0.2) is 0 Å². The van der Waals surface area contributed by atoms with Gasteiger partial charge < -0.3 is 5.73 Å². The highest BCUT2D eigenvalue weighted by molar-refractivity contribution is 7.92. The Balaban J connectivity index is 1.97. The molecule has 0 aliphatic heterocycles. The standard InChI is InChI=1S/C15H25N3O4S2/c1-2-3-10-23(19,20)18-13-6-8-14(9-7-13)24(21,22)17-11-15(16)12-4-5-12/h6-9,12,15,17-18H,2-5,10-11,16H2,1H3. The maximum atomic E-state index is 12.2. The van der Waals surface area contributed by atoms with Gasteiger partial charge in [0.05, 0.1) is 10.6 Å². The Morgan fingerprint density at radius 3 is 2.33 bits per heavy atom. The number of benzene rings is 1. The number of anilines is 1. The van der Waals surface area contributed by atoms with E-state index in [0.717, 1.165) is 19.3 Å². The Morgan fingerprint density at radius 1 is 1.17 bits per heavy atom. The lowest BCUT2D eigenvalue weighted by molar-refractivity contribution is 0.548. The smallest absolute Gasteiger partial charge is 0.240 e. The van der Waals surface area contributed by atoms with Gasteiger partial charge in [-0.1, -0.05) is 13.3 Å². The van der Waals surface area contributed by atoms with Crippen molar-refractivity contribution in [3.8, 4) is 0 Å². The largest absolute Gasteiger partial charge is 0.326 e. The zero-order valence-electron chi connectivity index (χ0n) is 13.7. The Kier molecular flexibility index (Phi) is 6.24. The van der Waals surface area contributed by atoms with Gasteiger partial charge in [0, 0.05) is 18.3 Å². The number of rotatable bonds is 10. The molecule has 9 heteroatoms. The van der Waals surface area contributed by atoms with E-state index in [2.05, 4.69) is 9.44 Å². The average molecular weight is 376 g/mol. The van der Waals surface area contributed by atoms with E-state index < -0.39 is 20.0 Å². The van der Waals surface area contributed by atoms with E-state index in [0.29, 0.717) is 18.0 Å². The fourth-order valence-electron chi connectivity index (χ4n) is 2.25. The average Bonchev–Trinajstić information content (AvgIpc) is 3.36. The monoisotopic (exact) mass is 375 g/mol. The first kappa shape index (κ1) is 19.2. The van der Waals surface area contributed by atoms with Crippen molar-refractivity contribution in [3.63, 3.8) is 0 Å². The lowest BCUT2D eigenvalue weighted by Gasteiger charge is -2.13. The van der Waals surface area contributed by atoms with Crippen LogP contribution in [0.25, 0.3) is 0 Å². The van der Waals surface area contributed by atoms with Crippen molar-refractivity contribution in [2.24, 2.45) is 11.7 Å². The molecule has 1 aromatic carbocycles. The molecule has 0 amide bonds. The zero-order valence-corrected chi connectivity index (χ0v) is 15.4. The molecule has 0 aromatic heterocycles. The topological polar surface area (TPSA) is 118 Å². The van der Waals surface area contributed by atoms with Crippen molar-refractivity contribution < 1.29 is 16.8 Å². The van der Waals surface area contributed by atoms with Gasteiger partial charge in [0.25, 0.3) is 0 Å². The number of unbranched alkanes of at least 4 members (excludes halogenated alkanes) is 1. The molecule has 1 fully saturated rings. The molecule has 1 atom stereocenters. The van der Waals surface area contributed by atoms with Crippen LogP contribution in [0.1, 0.15) is 32.6 Å². The van der Waals surface area contributed by atoms with Crippen molar-refractivity contribution in [2.75, 3.05) is 17.0 Å². The summed E-state index contributed by atoms with van der Waals surface area (Å²) in [4.78, 5) is 0.0852. The second kappa shape index (κ2) is 7.81.